The van der Waals surface area contributed by atoms with Crippen molar-refractivity contribution in [1.29, 1.82) is 0 Å². The standard InChI is InChI=1S/C44H28N4S/c1-2-10-33(11-3-1)41-43-42(36-12-4-5-15-40(36)49-43)48-44(47-41)37-28-34(29-16-20-31(21-17-29)38-13-6-8-26-45-38)24-25-35(37)30-18-22-32(23-19-30)39-14-7-9-27-46-39/h1-28H. The van der Waals surface area contributed by atoms with Crippen LogP contribution in [0.15, 0.2) is 170 Å². The predicted octanol–water partition coefficient (Wildman–Crippen LogP) is 11.6. The van der Waals surface area contributed by atoms with Gasteiger partial charge in [0.1, 0.15) is 0 Å². The third-order valence-corrected chi connectivity index (χ3v) is 10.0. The molecule has 9 aromatic rings. The normalized spacial score (nSPS) is 11.3. The molecule has 0 N–H and O–H groups in total. The number of rotatable bonds is 6. The summed E-state index contributed by atoms with van der Waals surface area (Å²) >= 11 is 1.75. The summed E-state index contributed by atoms with van der Waals surface area (Å²) in [5, 5.41) is 1.14. The fourth-order valence-electron chi connectivity index (χ4n) is 6.38. The van der Waals surface area contributed by atoms with E-state index in [0.717, 1.165) is 77.2 Å². The molecule has 0 saturated carbocycles. The summed E-state index contributed by atoms with van der Waals surface area (Å²) in [5.74, 6) is 0.700. The zero-order valence-corrected chi connectivity index (χ0v) is 27.2. The maximum absolute atomic E-state index is 5.36. The van der Waals surface area contributed by atoms with Gasteiger partial charge in [0.2, 0.25) is 0 Å². The molecule has 0 aliphatic carbocycles. The van der Waals surface area contributed by atoms with Crippen LogP contribution in [0.5, 0.6) is 0 Å². The zero-order chi connectivity index (χ0) is 32.6. The Morgan fingerprint density at radius 2 is 1.00 bits per heavy atom. The van der Waals surface area contributed by atoms with E-state index < -0.39 is 0 Å². The lowest BCUT2D eigenvalue weighted by Gasteiger charge is -2.14. The first-order valence-corrected chi connectivity index (χ1v) is 17.0. The van der Waals surface area contributed by atoms with E-state index >= 15 is 0 Å². The van der Waals surface area contributed by atoms with Crippen LogP contribution in [0.1, 0.15) is 0 Å². The highest BCUT2D eigenvalue weighted by Crippen LogP contribution is 2.42. The molecule has 4 nitrogen and oxygen atoms in total. The smallest absolute Gasteiger partial charge is 0.161 e. The van der Waals surface area contributed by atoms with Gasteiger partial charge in [0, 0.05) is 44.7 Å². The molecule has 0 saturated heterocycles. The molecular weight excluding hydrogens is 617 g/mol. The number of fused-ring (bicyclic) bond motifs is 3. The zero-order valence-electron chi connectivity index (χ0n) is 26.4. The lowest BCUT2D eigenvalue weighted by Crippen LogP contribution is -1.96. The van der Waals surface area contributed by atoms with E-state index in [-0.39, 0.29) is 0 Å². The lowest BCUT2D eigenvalue weighted by molar-refractivity contribution is 1.24. The Balaban J connectivity index is 1.24. The highest BCUT2D eigenvalue weighted by atomic mass is 32.1. The number of hydrogen-bond donors (Lipinski definition) is 0. The first-order chi connectivity index (χ1) is 24.3. The third-order valence-electron chi connectivity index (χ3n) is 8.86. The minimum atomic E-state index is 0.700. The first kappa shape index (κ1) is 28.9. The van der Waals surface area contributed by atoms with Gasteiger partial charge in [-0.1, -0.05) is 121 Å². The fraction of sp³-hybridized carbons (Fsp3) is 0. The highest BCUT2D eigenvalue weighted by molar-refractivity contribution is 7.26. The van der Waals surface area contributed by atoms with Crippen LogP contribution in [-0.2, 0) is 0 Å². The number of nitrogens with zero attached hydrogens (tertiary/aromatic N) is 4. The van der Waals surface area contributed by atoms with Gasteiger partial charge < -0.3 is 0 Å². The van der Waals surface area contributed by atoms with Crippen molar-refractivity contribution in [1.82, 2.24) is 19.9 Å². The van der Waals surface area contributed by atoms with Gasteiger partial charge in [0.05, 0.1) is 27.3 Å². The summed E-state index contributed by atoms with van der Waals surface area (Å²) < 4.78 is 2.30. The quantitative estimate of drug-likeness (QED) is 0.181. The summed E-state index contributed by atoms with van der Waals surface area (Å²) in [6.45, 7) is 0. The van der Waals surface area contributed by atoms with Gasteiger partial charge in [-0.25, -0.2) is 9.97 Å². The molecule has 0 fully saturated rings. The van der Waals surface area contributed by atoms with E-state index in [1.54, 1.807) is 11.3 Å². The topological polar surface area (TPSA) is 51.6 Å². The second-order valence-electron chi connectivity index (χ2n) is 11.9. The van der Waals surface area contributed by atoms with Gasteiger partial charge in [-0.3, -0.25) is 9.97 Å². The van der Waals surface area contributed by atoms with Crippen LogP contribution in [0.25, 0.3) is 87.7 Å². The van der Waals surface area contributed by atoms with Gasteiger partial charge in [-0.05, 0) is 58.7 Å². The Morgan fingerprint density at radius 1 is 0.408 bits per heavy atom. The molecule has 0 radical (unpaired) electrons. The minimum Gasteiger partial charge on any atom is -0.256 e. The van der Waals surface area contributed by atoms with Gasteiger partial charge in [-0.15, -0.1) is 11.3 Å². The summed E-state index contributed by atoms with van der Waals surface area (Å²) in [5.41, 5.74) is 12.4. The molecule has 0 aliphatic heterocycles. The van der Waals surface area contributed by atoms with Gasteiger partial charge in [0.15, 0.2) is 5.82 Å². The maximum Gasteiger partial charge on any atom is 0.161 e. The molecule has 0 atom stereocenters. The summed E-state index contributed by atoms with van der Waals surface area (Å²) in [7, 11) is 0. The van der Waals surface area contributed by atoms with Crippen LogP contribution < -0.4 is 0 Å². The Hall–Kier alpha value is -6.30. The molecule has 4 aromatic heterocycles. The van der Waals surface area contributed by atoms with E-state index in [1.165, 1.54) is 4.70 Å². The van der Waals surface area contributed by atoms with Crippen LogP contribution >= 0.6 is 11.3 Å². The highest BCUT2D eigenvalue weighted by Gasteiger charge is 2.19. The monoisotopic (exact) mass is 644 g/mol. The third kappa shape index (κ3) is 5.46. The van der Waals surface area contributed by atoms with E-state index in [2.05, 4.69) is 125 Å². The molecule has 0 aliphatic rings. The van der Waals surface area contributed by atoms with Crippen molar-refractivity contribution >= 4 is 31.6 Å². The second-order valence-corrected chi connectivity index (χ2v) is 12.9. The van der Waals surface area contributed by atoms with E-state index in [1.807, 2.05) is 54.9 Å². The Morgan fingerprint density at radius 3 is 1.67 bits per heavy atom. The summed E-state index contributed by atoms with van der Waals surface area (Å²) in [6.07, 6.45) is 3.66. The van der Waals surface area contributed by atoms with Crippen LogP contribution in [0, 0.1) is 0 Å². The van der Waals surface area contributed by atoms with Crippen molar-refractivity contribution in [3.63, 3.8) is 0 Å². The largest absolute Gasteiger partial charge is 0.256 e. The molecule has 5 heteroatoms. The number of benzene rings is 5. The van der Waals surface area contributed by atoms with Crippen LogP contribution in [0.2, 0.25) is 0 Å². The average molecular weight is 645 g/mol. The van der Waals surface area contributed by atoms with Crippen LogP contribution in [0.3, 0.4) is 0 Å². The minimum absolute atomic E-state index is 0.700. The summed E-state index contributed by atoms with van der Waals surface area (Å²) in [4.78, 5) is 19.8. The predicted molar refractivity (Wildman–Crippen MR) is 203 cm³/mol. The first-order valence-electron chi connectivity index (χ1n) is 16.2. The van der Waals surface area contributed by atoms with Crippen molar-refractivity contribution < 1.29 is 0 Å². The Kier molecular flexibility index (Phi) is 7.30. The SMILES string of the molecule is c1ccc(-c2nc(-c3cc(-c4ccc(-c5ccccn5)cc4)ccc3-c3ccc(-c4ccccn4)cc3)nc3c2sc2ccccc23)cc1. The molecule has 9 rings (SSSR count). The molecule has 5 aromatic carbocycles. The molecular formula is C44H28N4S. The molecule has 230 valence electrons. The van der Waals surface area contributed by atoms with Crippen molar-refractivity contribution in [2.24, 2.45) is 0 Å². The van der Waals surface area contributed by atoms with Gasteiger partial charge in [-0.2, -0.15) is 0 Å². The van der Waals surface area contributed by atoms with E-state index in [9.17, 15) is 0 Å². The molecule has 49 heavy (non-hydrogen) atoms. The van der Waals surface area contributed by atoms with Crippen molar-refractivity contribution in [2.45, 2.75) is 0 Å². The van der Waals surface area contributed by atoms with E-state index in [0.29, 0.717) is 5.82 Å². The van der Waals surface area contributed by atoms with Crippen LogP contribution in [0.4, 0.5) is 0 Å². The fourth-order valence-corrected chi connectivity index (χ4v) is 7.54. The molecule has 0 spiro atoms. The number of hydrogen-bond acceptors (Lipinski definition) is 5. The maximum atomic E-state index is 5.36. The lowest BCUT2D eigenvalue weighted by atomic mass is 9.93. The number of thiophene rings is 1. The Labute approximate surface area is 288 Å². The van der Waals surface area contributed by atoms with E-state index in [4.69, 9.17) is 9.97 Å². The number of aromatic nitrogens is 4. The summed E-state index contributed by atoms with van der Waals surface area (Å²) in [6, 6.07) is 54.8. The molecule has 0 bridgehead atoms. The van der Waals surface area contributed by atoms with Crippen molar-refractivity contribution in [2.75, 3.05) is 0 Å². The Bertz CT molecular complexity index is 2560. The van der Waals surface area contributed by atoms with Gasteiger partial charge in [0.25, 0.3) is 0 Å². The van der Waals surface area contributed by atoms with Gasteiger partial charge >= 0.3 is 0 Å². The average Bonchev–Trinajstić information content (AvgIpc) is 3.57. The van der Waals surface area contributed by atoms with Crippen molar-refractivity contribution in [3.8, 4) is 67.4 Å². The van der Waals surface area contributed by atoms with Crippen LogP contribution in [-0.4, -0.2) is 19.9 Å². The molecule has 4 heterocycles. The second kappa shape index (κ2) is 12.4. The molecule has 0 amide bonds. The van der Waals surface area contributed by atoms with Crippen molar-refractivity contribution in [3.05, 3.63) is 170 Å². The number of pyridine rings is 2. The molecule has 0 unspecified atom stereocenters.